The molecule has 4 nitrogen and oxygen atoms in total. The number of amides is 1. The van der Waals surface area contributed by atoms with Gasteiger partial charge in [0, 0.05) is 17.0 Å². The van der Waals surface area contributed by atoms with Gasteiger partial charge in [-0.15, -0.1) is 0 Å². The Hall–Kier alpha value is -1.55. The molecule has 1 aromatic heterocycles. The summed E-state index contributed by atoms with van der Waals surface area (Å²) in [6.07, 6.45) is 0.785. The van der Waals surface area contributed by atoms with Crippen molar-refractivity contribution in [2.75, 3.05) is 5.32 Å². The van der Waals surface area contributed by atoms with E-state index in [2.05, 4.69) is 10.5 Å². The summed E-state index contributed by atoms with van der Waals surface area (Å²) in [6, 6.07) is 5.18. The van der Waals surface area contributed by atoms with Gasteiger partial charge in [0.2, 0.25) is 5.91 Å². The van der Waals surface area contributed by atoms with Crippen molar-refractivity contribution in [3.63, 3.8) is 0 Å². The van der Waals surface area contributed by atoms with Crippen LogP contribution in [0.4, 0.5) is 5.82 Å². The van der Waals surface area contributed by atoms with Gasteiger partial charge >= 0.3 is 0 Å². The van der Waals surface area contributed by atoms with E-state index in [0.717, 1.165) is 11.8 Å². The van der Waals surface area contributed by atoms with Crippen molar-refractivity contribution in [3.05, 3.63) is 23.2 Å². The Balaban J connectivity index is 2.28. The zero-order valence-corrected chi connectivity index (χ0v) is 10.4. The molecule has 0 aliphatic carbocycles. The van der Waals surface area contributed by atoms with E-state index in [1.165, 1.54) is 0 Å². The molecule has 0 radical (unpaired) electrons. The summed E-state index contributed by atoms with van der Waals surface area (Å²) in [5.74, 6) is 0.341. The maximum Gasteiger partial charge on any atom is 0.228 e. The van der Waals surface area contributed by atoms with Crippen LogP contribution in [-0.4, -0.2) is 11.1 Å². The number of anilines is 1. The van der Waals surface area contributed by atoms with Crippen LogP contribution in [0.25, 0.3) is 11.0 Å². The number of fused-ring (bicyclic) bond motifs is 1. The third-order valence-electron chi connectivity index (χ3n) is 2.74. The van der Waals surface area contributed by atoms with Crippen molar-refractivity contribution in [3.8, 4) is 0 Å². The minimum absolute atomic E-state index is 0.0472. The average molecular weight is 253 g/mol. The molecule has 0 aliphatic heterocycles. The highest BCUT2D eigenvalue weighted by molar-refractivity contribution is 6.31. The summed E-state index contributed by atoms with van der Waals surface area (Å²) in [5.41, 5.74) is 0.567. The summed E-state index contributed by atoms with van der Waals surface area (Å²) >= 11 is 5.83. The average Bonchev–Trinajstić information content (AvgIpc) is 2.70. The number of nitrogens with one attached hydrogen (secondary N) is 1. The standard InChI is InChI=1S/C12H13ClN2O2/c1-3-7(2)12(16)14-11-9-5-4-8(13)6-10(9)17-15-11/h4-7H,3H2,1-2H3,(H,14,15,16). The summed E-state index contributed by atoms with van der Waals surface area (Å²) in [4.78, 5) is 11.7. The minimum Gasteiger partial charge on any atom is -0.354 e. The van der Waals surface area contributed by atoms with Crippen molar-refractivity contribution in [1.29, 1.82) is 0 Å². The van der Waals surface area contributed by atoms with Crippen LogP contribution in [0, 0.1) is 5.92 Å². The number of nitrogens with zero attached hydrogens (tertiary/aromatic N) is 1. The Kier molecular flexibility index (Phi) is 3.33. The lowest BCUT2D eigenvalue weighted by molar-refractivity contribution is -0.119. The highest BCUT2D eigenvalue weighted by atomic mass is 35.5. The van der Waals surface area contributed by atoms with Gasteiger partial charge < -0.3 is 9.84 Å². The molecule has 1 aromatic carbocycles. The van der Waals surface area contributed by atoms with Gasteiger partial charge in [0.1, 0.15) is 0 Å². The Morgan fingerprint density at radius 3 is 3.06 bits per heavy atom. The number of hydrogen-bond acceptors (Lipinski definition) is 3. The summed E-state index contributed by atoms with van der Waals surface area (Å²) in [6.45, 7) is 3.83. The number of halogens is 1. The number of carbonyl (C=O) groups excluding carboxylic acids is 1. The van der Waals surface area contributed by atoms with Crippen LogP contribution in [0.5, 0.6) is 0 Å². The van der Waals surface area contributed by atoms with Crippen LogP contribution in [0.15, 0.2) is 22.7 Å². The molecule has 2 aromatic rings. The molecule has 1 unspecified atom stereocenters. The van der Waals surface area contributed by atoms with E-state index in [4.69, 9.17) is 16.1 Å². The third kappa shape index (κ3) is 2.42. The molecule has 17 heavy (non-hydrogen) atoms. The molecule has 1 amide bonds. The highest BCUT2D eigenvalue weighted by Crippen LogP contribution is 2.25. The quantitative estimate of drug-likeness (QED) is 0.910. The van der Waals surface area contributed by atoms with E-state index in [9.17, 15) is 4.79 Å². The van der Waals surface area contributed by atoms with Gasteiger partial charge in [0.25, 0.3) is 0 Å². The first kappa shape index (κ1) is 11.9. The van der Waals surface area contributed by atoms with Gasteiger partial charge in [-0.05, 0) is 18.6 Å². The molecule has 5 heteroatoms. The van der Waals surface area contributed by atoms with Gasteiger partial charge in [0.05, 0.1) is 5.39 Å². The molecule has 90 valence electrons. The second-order valence-electron chi connectivity index (χ2n) is 3.97. The van der Waals surface area contributed by atoms with Crippen molar-refractivity contribution < 1.29 is 9.32 Å². The lowest BCUT2D eigenvalue weighted by Crippen LogP contribution is -2.19. The summed E-state index contributed by atoms with van der Waals surface area (Å²) in [5, 5.41) is 7.91. The van der Waals surface area contributed by atoms with Crippen LogP contribution in [0.3, 0.4) is 0 Å². The molecule has 0 saturated carbocycles. The largest absolute Gasteiger partial charge is 0.354 e. The second-order valence-corrected chi connectivity index (χ2v) is 4.41. The molecule has 0 aliphatic rings. The van der Waals surface area contributed by atoms with E-state index in [-0.39, 0.29) is 11.8 Å². The molecule has 0 spiro atoms. The van der Waals surface area contributed by atoms with Gasteiger partial charge in [-0.2, -0.15) is 0 Å². The molecular weight excluding hydrogens is 240 g/mol. The Bertz CT molecular complexity index is 550. The molecule has 0 bridgehead atoms. The van der Waals surface area contributed by atoms with Crippen LogP contribution in [-0.2, 0) is 4.79 Å². The fraction of sp³-hybridized carbons (Fsp3) is 0.333. The second kappa shape index (κ2) is 4.75. The summed E-state index contributed by atoms with van der Waals surface area (Å²) in [7, 11) is 0. The Morgan fingerprint density at radius 1 is 1.59 bits per heavy atom. The zero-order chi connectivity index (χ0) is 12.4. The molecule has 2 rings (SSSR count). The topological polar surface area (TPSA) is 55.1 Å². The number of rotatable bonds is 3. The first-order valence-corrected chi connectivity index (χ1v) is 5.85. The monoisotopic (exact) mass is 252 g/mol. The molecule has 1 atom stereocenters. The van der Waals surface area contributed by atoms with Crippen LogP contribution < -0.4 is 5.32 Å². The smallest absolute Gasteiger partial charge is 0.228 e. The maximum atomic E-state index is 11.7. The molecular formula is C12H13ClN2O2. The predicted octanol–water partition coefficient (Wildman–Crippen LogP) is 3.47. The van der Waals surface area contributed by atoms with E-state index < -0.39 is 0 Å². The van der Waals surface area contributed by atoms with Crippen LogP contribution in [0.2, 0.25) is 5.02 Å². The van der Waals surface area contributed by atoms with Gasteiger partial charge in [0.15, 0.2) is 11.4 Å². The predicted molar refractivity (Wildman–Crippen MR) is 67.1 cm³/mol. The van der Waals surface area contributed by atoms with Gasteiger partial charge in [-0.3, -0.25) is 4.79 Å². The van der Waals surface area contributed by atoms with Gasteiger partial charge in [-0.25, -0.2) is 0 Å². The normalized spacial score (nSPS) is 12.6. The molecule has 1 heterocycles. The fourth-order valence-electron chi connectivity index (χ4n) is 1.43. The van der Waals surface area contributed by atoms with Crippen molar-refractivity contribution in [1.82, 2.24) is 5.16 Å². The van der Waals surface area contributed by atoms with Crippen molar-refractivity contribution in [2.24, 2.45) is 5.92 Å². The fourth-order valence-corrected chi connectivity index (χ4v) is 1.59. The number of carbonyl (C=O) groups is 1. The lowest BCUT2D eigenvalue weighted by Gasteiger charge is -2.07. The first-order chi connectivity index (χ1) is 8.11. The lowest BCUT2D eigenvalue weighted by atomic mass is 10.1. The number of benzene rings is 1. The number of hydrogen-bond donors (Lipinski definition) is 1. The molecule has 1 N–H and O–H groups in total. The number of aromatic nitrogens is 1. The van der Waals surface area contributed by atoms with E-state index in [0.29, 0.717) is 16.4 Å². The first-order valence-electron chi connectivity index (χ1n) is 5.47. The van der Waals surface area contributed by atoms with Crippen molar-refractivity contribution in [2.45, 2.75) is 20.3 Å². The zero-order valence-electron chi connectivity index (χ0n) is 9.66. The van der Waals surface area contributed by atoms with E-state index in [1.807, 2.05) is 13.8 Å². The highest BCUT2D eigenvalue weighted by Gasteiger charge is 2.15. The minimum atomic E-state index is -0.0577. The Labute approximate surface area is 104 Å². The maximum absolute atomic E-state index is 11.7. The summed E-state index contributed by atoms with van der Waals surface area (Å²) < 4.78 is 5.09. The van der Waals surface area contributed by atoms with Crippen LogP contribution >= 0.6 is 11.6 Å². The van der Waals surface area contributed by atoms with E-state index in [1.54, 1.807) is 18.2 Å². The van der Waals surface area contributed by atoms with E-state index >= 15 is 0 Å². The SMILES string of the molecule is CCC(C)C(=O)Nc1noc2cc(Cl)ccc12. The molecule has 0 fully saturated rings. The van der Waals surface area contributed by atoms with Gasteiger partial charge in [-0.1, -0.05) is 30.6 Å². The molecule has 0 saturated heterocycles. The Morgan fingerprint density at radius 2 is 2.35 bits per heavy atom. The third-order valence-corrected chi connectivity index (χ3v) is 2.97. The van der Waals surface area contributed by atoms with Crippen molar-refractivity contribution >= 4 is 34.3 Å². The van der Waals surface area contributed by atoms with Crippen LogP contribution in [0.1, 0.15) is 20.3 Å².